The van der Waals surface area contributed by atoms with Crippen molar-refractivity contribution in [2.45, 2.75) is 49.8 Å². The molecule has 0 N–H and O–H groups in total. The average molecular weight is 311 g/mol. The summed E-state index contributed by atoms with van der Waals surface area (Å²) in [5.41, 5.74) is 1.04. The molecule has 0 saturated carbocycles. The molecule has 0 amide bonds. The molecule has 0 aromatic heterocycles. The van der Waals surface area contributed by atoms with Gasteiger partial charge in [-0.05, 0) is 38.8 Å². The summed E-state index contributed by atoms with van der Waals surface area (Å²) in [7, 11) is -3.56. The van der Waals surface area contributed by atoms with Gasteiger partial charge < -0.3 is 9.47 Å². The van der Waals surface area contributed by atoms with Gasteiger partial charge in [0, 0.05) is 0 Å². The summed E-state index contributed by atoms with van der Waals surface area (Å²) in [5, 5.41) is 0. The number of hydrogen-bond donors (Lipinski definition) is 0. The van der Waals surface area contributed by atoms with Crippen molar-refractivity contribution in [3.63, 3.8) is 0 Å². The Morgan fingerprint density at radius 2 is 1.90 bits per heavy atom. The number of ether oxygens (including phenoxy) is 2. The monoisotopic (exact) mass is 311 g/mol. The molecule has 2 saturated heterocycles. The van der Waals surface area contributed by atoms with E-state index in [1.807, 2.05) is 26.0 Å². The Bertz CT molecular complexity index is 599. The van der Waals surface area contributed by atoms with Crippen LogP contribution in [-0.2, 0) is 19.5 Å². The maximum atomic E-state index is 12.8. The maximum Gasteiger partial charge on any atom is 0.245 e. The van der Waals surface area contributed by atoms with E-state index in [0.717, 1.165) is 18.4 Å². The van der Waals surface area contributed by atoms with E-state index in [4.69, 9.17) is 9.47 Å². The predicted octanol–water partition coefficient (Wildman–Crippen LogP) is 1.91. The van der Waals surface area contributed by atoms with Crippen LogP contribution in [-0.4, -0.2) is 44.3 Å². The molecule has 0 radical (unpaired) electrons. The van der Waals surface area contributed by atoms with Gasteiger partial charge in [0.2, 0.25) is 10.0 Å². The predicted molar refractivity (Wildman–Crippen MR) is 78.4 cm³/mol. The number of aryl methyl sites for hydroxylation is 1. The van der Waals surface area contributed by atoms with Crippen molar-refractivity contribution in [1.82, 2.24) is 4.31 Å². The smallest absolute Gasteiger partial charge is 0.245 e. The highest BCUT2D eigenvalue weighted by atomic mass is 32.2. The number of sulfonamides is 1. The quantitative estimate of drug-likeness (QED) is 0.837. The SMILES string of the molecule is Cc1ccc(S(=O)(=O)N2COC[C@H]3CC[C@H](O3)[C@@H]2C)cc1. The van der Waals surface area contributed by atoms with Crippen LogP contribution in [0.15, 0.2) is 29.2 Å². The minimum Gasteiger partial charge on any atom is -0.371 e. The van der Waals surface area contributed by atoms with Crippen LogP contribution in [0.3, 0.4) is 0 Å². The van der Waals surface area contributed by atoms with Crippen LogP contribution in [0.4, 0.5) is 0 Å². The number of rotatable bonds is 2. The van der Waals surface area contributed by atoms with Crippen molar-refractivity contribution in [2.24, 2.45) is 0 Å². The standard InChI is InChI=1S/C15H21NO4S/c1-11-3-6-14(7-4-11)21(17,18)16-10-19-9-13-5-8-15(20-13)12(16)2/h3-4,6-7,12-13,15H,5,8-10H2,1-2H3/t12-,13+,15-/m0/s1. The lowest BCUT2D eigenvalue weighted by molar-refractivity contribution is -0.0854. The lowest BCUT2D eigenvalue weighted by Crippen LogP contribution is -2.48. The summed E-state index contributed by atoms with van der Waals surface area (Å²) in [4.78, 5) is 0.304. The second-order valence-electron chi connectivity index (χ2n) is 5.82. The molecule has 21 heavy (non-hydrogen) atoms. The van der Waals surface area contributed by atoms with E-state index in [1.54, 1.807) is 12.1 Å². The molecular formula is C15H21NO4S. The van der Waals surface area contributed by atoms with Gasteiger partial charge in [0.25, 0.3) is 0 Å². The molecule has 6 heteroatoms. The normalized spacial score (nSPS) is 30.9. The van der Waals surface area contributed by atoms with E-state index < -0.39 is 10.0 Å². The average Bonchev–Trinajstić information content (AvgIpc) is 2.92. The third-order valence-corrected chi connectivity index (χ3v) is 6.21. The van der Waals surface area contributed by atoms with Crippen molar-refractivity contribution >= 4 is 10.0 Å². The van der Waals surface area contributed by atoms with Crippen LogP contribution < -0.4 is 0 Å². The summed E-state index contributed by atoms with van der Waals surface area (Å²) >= 11 is 0. The van der Waals surface area contributed by atoms with Gasteiger partial charge in [-0.15, -0.1) is 0 Å². The fourth-order valence-electron chi connectivity index (χ4n) is 2.92. The van der Waals surface area contributed by atoms with Gasteiger partial charge in [-0.2, -0.15) is 4.31 Å². The lowest BCUT2D eigenvalue weighted by Gasteiger charge is -2.33. The van der Waals surface area contributed by atoms with Crippen LogP contribution in [0.2, 0.25) is 0 Å². The van der Waals surface area contributed by atoms with Gasteiger partial charge in [0.1, 0.15) is 6.73 Å². The first-order chi connectivity index (χ1) is 9.98. The van der Waals surface area contributed by atoms with Gasteiger partial charge in [-0.25, -0.2) is 8.42 Å². The Kier molecular flexibility index (Phi) is 4.05. The van der Waals surface area contributed by atoms with Crippen LogP contribution in [0.25, 0.3) is 0 Å². The van der Waals surface area contributed by atoms with Gasteiger partial charge in [0.05, 0.1) is 29.8 Å². The zero-order chi connectivity index (χ0) is 15.0. The van der Waals surface area contributed by atoms with Crippen molar-refractivity contribution in [1.29, 1.82) is 0 Å². The van der Waals surface area contributed by atoms with Gasteiger partial charge >= 0.3 is 0 Å². The Hall–Kier alpha value is -0.950. The topological polar surface area (TPSA) is 55.8 Å². The van der Waals surface area contributed by atoms with Crippen LogP contribution in [0, 0.1) is 6.92 Å². The fraction of sp³-hybridized carbons (Fsp3) is 0.600. The first-order valence-electron chi connectivity index (χ1n) is 7.30. The third kappa shape index (κ3) is 2.85. The molecule has 1 aromatic carbocycles. The van der Waals surface area contributed by atoms with Crippen molar-refractivity contribution in [2.75, 3.05) is 13.3 Å². The maximum absolute atomic E-state index is 12.8. The summed E-state index contributed by atoms with van der Waals surface area (Å²) in [6, 6.07) is 6.69. The molecule has 2 aliphatic rings. The van der Waals surface area contributed by atoms with Gasteiger partial charge in [0.15, 0.2) is 0 Å². The Morgan fingerprint density at radius 3 is 2.62 bits per heavy atom. The minimum absolute atomic E-state index is 0.0425. The van der Waals surface area contributed by atoms with Crippen molar-refractivity contribution in [3.05, 3.63) is 29.8 Å². The number of hydrogen-bond acceptors (Lipinski definition) is 4. The molecule has 0 unspecified atom stereocenters. The fourth-order valence-corrected chi connectivity index (χ4v) is 4.46. The van der Waals surface area contributed by atoms with E-state index in [-0.39, 0.29) is 25.0 Å². The minimum atomic E-state index is -3.56. The van der Waals surface area contributed by atoms with Crippen LogP contribution in [0.5, 0.6) is 0 Å². The molecule has 2 heterocycles. The van der Waals surface area contributed by atoms with E-state index >= 15 is 0 Å². The summed E-state index contributed by atoms with van der Waals surface area (Å²) in [6.07, 6.45) is 1.89. The Balaban J connectivity index is 1.90. The summed E-state index contributed by atoms with van der Waals surface area (Å²) < 4.78 is 38.5. The first kappa shape index (κ1) is 15.0. The molecule has 2 bridgehead atoms. The van der Waals surface area contributed by atoms with Crippen molar-refractivity contribution < 1.29 is 17.9 Å². The highest BCUT2D eigenvalue weighted by Crippen LogP contribution is 2.30. The van der Waals surface area contributed by atoms with Gasteiger partial charge in [-0.1, -0.05) is 17.7 Å². The third-order valence-electron chi connectivity index (χ3n) is 4.28. The summed E-state index contributed by atoms with van der Waals surface area (Å²) in [6.45, 7) is 4.38. The molecule has 0 spiro atoms. The molecule has 3 atom stereocenters. The molecule has 1 aromatic rings. The number of benzene rings is 1. The second-order valence-corrected chi connectivity index (χ2v) is 7.71. The highest BCUT2D eigenvalue weighted by molar-refractivity contribution is 7.89. The van der Waals surface area contributed by atoms with E-state index in [2.05, 4.69) is 0 Å². The molecule has 116 valence electrons. The van der Waals surface area contributed by atoms with Crippen LogP contribution >= 0.6 is 0 Å². The molecular weight excluding hydrogens is 290 g/mol. The van der Waals surface area contributed by atoms with Gasteiger partial charge in [-0.3, -0.25) is 0 Å². The first-order valence-corrected chi connectivity index (χ1v) is 8.74. The Labute approximate surface area is 125 Å². The van der Waals surface area contributed by atoms with Crippen molar-refractivity contribution in [3.8, 4) is 0 Å². The highest BCUT2D eigenvalue weighted by Gasteiger charge is 2.40. The van der Waals surface area contributed by atoms with E-state index in [9.17, 15) is 8.42 Å². The van der Waals surface area contributed by atoms with Crippen LogP contribution in [0.1, 0.15) is 25.3 Å². The molecule has 0 aliphatic carbocycles. The summed E-state index contributed by atoms with van der Waals surface area (Å²) in [5.74, 6) is 0. The second kappa shape index (κ2) is 5.68. The molecule has 2 fully saturated rings. The number of nitrogens with zero attached hydrogens (tertiary/aromatic N) is 1. The molecule has 3 rings (SSSR count). The van der Waals surface area contributed by atoms with E-state index in [0.29, 0.717) is 11.5 Å². The molecule has 5 nitrogen and oxygen atoms in total. The lowest BCUT2D eigenvalue weighted by atomic mass is 10.1. The Morgan fingerprint density at radius 1 is 1.19 bits per heavy atom. The zero-order valence-electron chi connectivity index (χ0n) is 12.4. The largest absolute Gasteiger partial charge is 0.371 e. The van der Waals surface area contributed by atoms with E-state index in [1.165, 1.54) is 4.31 Å². The number of fused-ring (bicyclic) bond motifs is 2. The molecule has 2 aliphatic heterocycles. The zero-order valence-corrected chi connectivity index (χ0v) is 13.2.